The van der Waals surface area contributed by atoms with E-state index in [0.717, 1.165) is 10.5 Å². The molecule has 1 N–H and O–H groups in total. The van der Waals surface area contributed by atoms with Crippen LogP contribution in [0.2, 0.25) is 10.0 Å². The van der Waals surface area contributed by atoms with Gasteiger partial charge in [0.1, 0.15) is 0 Å². The number of carbonyl (C=O) groups is 1. The van der Waals surface area contributed by atoms with Gasteiger partial charge < -0.3 is 14.8 Å². The summed E-state index contributed by atoms with van der Waals surface area (Å²) in [4.78, 5) is 13.2. The Kier molecular flexibility index (Phi) is 7.29. The highest BCUT2D eigenvalue weighted by Crippen LogP contribution is 2.33. The maximum Gasteiger partial charge on any atom is 0.233 e. The molecule has 0 aliphatic rings. The van der Waals surface area contributed by atoms with Crippen LogP contribution in [-0.4, -0.2) is 25.4 Å². The Labute approximate surface area is 161 Å². The van der Waals surface area contributed by atoms with Gasteiger partial charge in [-0.1, -0.05) is 29.3 Å². The molecular weight excluding hydrogens is 381 g/mol. The predicted octanol–water partition coefficient (Wildman–Crippen LogP) is 4.81. The third-order valence-corrected chi connectivity index (χ3v) is 5.19. The molecule has 7 heteroatoms. The summed E-state index contributed by atoms with van der Waals surface area (Å²) >= 11 is 13.4. The lowest BCUT2D eigenvalue weighted by atomic mass is 10.2. The lowest BCUT2D eigenvalue weighted by molar-refractivity contribution is -0.120. The van der Waals surface area contributed by atoms with Crippen molar-refractivity contribution in [3.63, 3.8) is 0 Å². The topological polar surface area (TPSA) is 47.6 Å². The molecule has 0 aliphatic heterocycles. The quantitative estimate of drug-likeness (QED) is 0.678. The molecule has 0 bridgehead atoms. The summed E-state index contributed by atoms with van der Waals surface area (Å²) in [6.07, 6.45) is 0. The smallest absolute Gasteiger partial charge is 0.233 e. The molecule has 2 aromatic carbocycles. The van der Waals surface area contributed by atoms with E-state index >= 15 is 0 Å². The van der Waals surface area contributed by atoms with Gasteiger partial charge in [-0.25, -0.2) is 0 Å². The van der Waals surface area contributed by atoms with E-state index in [2.05, 4.69) is 5.32 Å². The van der Waals surface area contributed by atoms with Gasteiger partial charge in [0.15, 0.2) is 11.5 Å². The summed E-state index contributed by atoms with van der Waals surface area (Å²) in [5, 5.41) is 3.72. The first-order chi connectivity index (χ1) is 11.9. The highest BCUT2D eigenvalue weighted by molar-refractivity contribution is 8.00. The second kappa shape index (κ2) is 9.22. The molecule has 2 aromatic rings. The molecule has 0 saturated heterocycles. The van der Waals surface area contributed by atoms with Crippen molar-refractivity contribution in [2.24, 2.45) is 0 Å². The van der Waals surface area contributed by atoms with E-state index < -0.39 is 0 Å². The van der Waals surface area contributed by atoms with Crippen LogP contribution in [0.15, 0.2) is 41.3 Å². The van der Waals surface area contributed by atoms with Crippen molar-refractivity contribution in [2.45, 2.75) is 23.6 Å². The molecule has 0 spiro atoms. The van der Waals surface area contributed by atoms with Crippen molar-refractivity contribution in [3.05, 3.63) is 52.0 Å². The minimum atomic E-state index is -0.274. The van der Waals surface area contributed by atoms with Crippen molar-refractivity contribution in [3.8, 4) is 11.5 Å². The Morgan fingerprint density at radius 1 is 1.12 bits per heavy atom. The molecule has 1 atom stereocenters. The molecule has 0 saturated carbocycles. The van der Waals surface area contributed by atoms with E-state index in [0.29, 0.717) is 28.1 Å². The maximum absolute atomic E-state index is 12.3. The largest absolute Gasteiger partial charge is 0.493 e. The Morgan fingerprint density at radius 2 is 1.84 bits per heavy atom. The van der Waals surface area contributed by atoms with Crippen molar-refractivity contribution >= 4 is 40.9 Å². The summed E-state index contributed by atoms with van der Waals surface area (Å²) in [5.41, 5.74) is 0.822. The van der Waals surface area contributed by atoms with E-state index in [4.69, 9.17) is 32.7 Å². The zero-order valence-corrected chi connectivity index (χ0v) is 16.5. The van der Waals surface area contributed by atoms with Crippen LogP contribution in [0.25, 0.3) is 0 Å². The highest BCUT2D eigenvalue weighted by Gasteiger charge is 2.16. The third-order valence-electron chi connectivity index (χ3n) is 3.51. The second-order valence-electron chi connectivity index (χ2n) is 5.23. The van der Waals surface area contributed by atoms with Gasteiger partial charge >= 0.3 is 0 Å². The van der Waals surface area contributed by atoms with Crippen LogP contribution in [0.3, 0.4) is 0 Å². The fourth-order valence-corrected chi connectivity index (χ4v) is 3.53. The Bertz CT molecular complexity index is 755. The molecule has 2 rings (SSSR count). The Hall–Kier alpha value is -1.56. The summed E-state index contributed by atoms with van der Waals surface area (Å²) < 4.78 is 10.5. The number of nitrogens with one attached hydrogen (secondary N) is 1. The summed E-state index contributed by atoms with van der Waals surface area (Å²) in [6.45, 7) is 2.20. The van der Waals surface area contributed by atoms with Gasteiger partial charge in [-0.3, -0.25) is 4.79 Å². The first kappa shape index (κ1) is 19.8. The van der Waals surface area contributed by atoms with Crippen LogP contribution >= 0.6 is 35.0 Å². The molecule has 0 aliphatic carbocycles. The van der Waals surface area contributed by atoms with Gasteiger partial charge in [-0.15, -0.1) is 11.8 Å². The number of hydrogen-bond donors (Lipinski definition) is 1. The van der Waals surface area contributed by atoms with Crippen molar-refractivity contribution in [2.75, 3.05) is 14.2 Å². The average molecular weight is 400 g/mol. The molecule has 25 heavy (non-hydrogen) atoms. The number of amides is 1. The van der Waals surface area contributed by atoms with E-state index in [1.165, 1.54) is 11.8 Å². The van der Waals surface area contributed by atoms with E-state index in [1.807, 2.05) is 25.1 Å². The zero-order chi connectivity index (χ0) is 18.4. The Balaban J connectivity index is 1.96. The van der Waals surface area contributed by atoms with E-state index in [1.54, 1.807) is 32.4 Å². The average Bonchev–Trinajstić information content (AvgIpc) is 2.60. The SMILES string of the molecule is COc1ccc(S[C@H](C)C(=O)NCc2ccc(Cl)cc2Cl)cc1OC. The molecule has 0 unspecified atom stereocenters. The zero-order valence-electron chi connectivity index (χ0n) is 14.1. The van der Waals surface area contributed by atoms with Gasteiger partial charge in [-0.2, -0.15) is 0 Å². The first-order valence-electron chi connectivity index (χ1n) is 7.55. The van der Waals surface area contributed by atoms with Crippen LogP contribution in [-0.2, 0) is 11.3 Å². The molecule has 0 heterocycles. The number of thioether (sulfide) groups is 1. The van der Waals surface area contributed by atoms with Gasteiger partial charge in [0, 0.05) is 21.5 Å². The lowest BCUT2D eigenvalue weighted by Crippen LogP contribution is -2.30. The maximum atomic E-state index is 12.3. The number of benzene rings is 2. The third kappa shape index (κ3) is 5.46. The lowest BCUT2D eigenvalue weighted by Gasteiger charge is -2.14. The summed E-state index contributed by atoms with van der Waals surface area (Å²) in [6, 6.07) is 10.8. The van der Waals surface area contributed by atoms with E-state index in [9.17, 15) is 4.79 Å². The van der Waals surface area contributed by atoms with E-state index in [-0.39, 0.29) is 11.2 Å². The van der Waals surface area contributed by atoms with Gasteiger partial charge in [-0.05, 0) is 42.8 Å². The number of rotatable bonds is 7. The van der Waals surface area contributed by atoms with Gasteiger partial charge in [0.2, 0.25) is 5.91 Å². The van der Waals surface area contributed by atoms with Crippen molar-refractivity contribution in [1.82, 2.24) is 5.32 Å². The van der Waals surface area contributed by atoms with Crippen LogP contribution in [0.5, 0.6) is 11.5 Å². The monoisotopic (exact) mass is 399 g/mol. The van der Waals surface area contributed by atoms with Crippen molar-refractivity contribution < 1.29 is 14.3 Å². The summed E-state index contributed by atoms with van der Waals surface area (Å²) in [7, 11) is 3.17. The minimum absolute atomic E-state index is 0.0780. The number of methoxy groups -OCH3 is 2. The van der Waals surface area contributed by atoms with Crippen LogP contribution in [0, 0.1) is 0 Å². The second-order valence-corrected chi connectivity index (χ2v) is 7.49. The highest BCUT2D eigenvalue weighted by atomic mass is 35.5. The number of carbonyl (C=O) groups excluding carboxylic acids is 1. The van der Waals surface area contributed by atoms with Crippen LogP contribution in [0.1, 0.15) is 12.5 Å². The summed E-state index contributed by atoms with van der Waals surface area (Å²) in [5.74, 6) is 1.21. The number of hydrogen-bond acceptors (Lipinski definition) is 4. The van der Waals surface area contributed by atoms with Crippen LogP contribution < -0.4 is 14.8 Å². The molecule has 0 aromatic heterocycles. The number of ether oxygens (including phenoxy) is 2. The van der Waals surface area contributed by atoms with Crippen LogP contribution in [0.4, 0.5) is 0 Å². The first-order valence-corrected chi connectivity index (χ1v) is 9.18. The molecule has 0 radical (unpaired) electrons. The molecular formula is C18H19Cl2NO3S. The minimum Gasteiger partial charge on any atom is -0.493 e. The fraction of sp³-hybridized carbons (Fsp3) is 0.278. The van der Waals surface area contributed by atoms with Crippen molar-refractivity contribution in [1.29, 1.82) is 0 Å². The fourth-order valence-electron chi connectivity index (χ4n) is 2.14. The number of halogens is 2. The van der Waals surface area contributed by atoms with Gasteiger partial charge in [0.25, 0.3) is 0 Å². The standard InChI is InChI=1S/C18H19Cl2NO3S/c1-11(25-14-6-7-16(23-2)17(9-14)24-3)18(22)21-10-12-4-5-13(19)8-15(12)20/h4-9,11H,10H2,1-3H3,(H,21,22)/t11-/m1/s1. The molecule has 1 amide bonds. The molecule has 4 nitrogen and oxygen atoms in total. The molecule has 0 fully saturated rings. The predicted molar refractivity (Wildman–Crippen MR) is 103 cm³/mol. The Morgan fingerprint density at radius 3 is 2.48 bits per heavy atom. The molecule has 134 valence electrons. The normalized spacial score (nSPS) is 11.7. The van der Waals surface area contributed by atoms with Gasteiger partial charge in [0.05, 0.1) is 19.5 Å².